The second kappa shape index (κ2) is 9.35. The Morgan fingerprint density at radius 2 is 2.21 bits per heavy atom. The Morgan fingerprint density at radius 1 is 1.50 bits per heavy atom. The number of sulfonamides is 1. The van der Waals surface area contributed by atoms with Crippen LogP contribution in [0.25, 0.3) is 0 Å². The molecule has 0 bridgehead atoms. The van der Waals surface area contributed by atoms with Crippen LogP contribution >= 0.6 is 35.3 Å². The number of rotatable bonds is 6. The van der Waals surface area contributed by atoms with Crippen LogP contribution in [0.5, 0.6) is 0 Å². The summed E-state index contributed by atoms with van der Waals surface area (Å²) < 4.78 is 28.0. The molecule has 2 heterocycles. The van der Waals surface area contributed by atoms with Gasteiger partial charge in [0.1, 0.15) is 4.21 Å². The predicted molar refractivity (Wildman–Crippen MR) is 99.5 cm³/mol. The number of carbonyl (C=O) groups excluding carboxylic acids is 1. The highest BCUT2D eigenvalue weighted by Gasteiger charge is 2.34. The van der Waals surface area contributed by atoms with Crippen molar-refractivity contribution in [2.24, 2.45) is 5.73 Å². The molecular weight excluding hydrogens is 393 g/mol. The number of carbonyl (C=O) groups is 1. The van der Waals surface area contributed by atoms with E-state index in [4.69, 9.17) is 17.3 Å². The highest BCUT2D eigenvalue weighted by molar-refractivity contribution is 7.91. The van der Waals surface area contributed by atoms with E-state index < -0.39 is 10.0 Å². The third-order valence-electron chi connectivity index (χ3n) is 3.88. The summed E-state index contributed by atoms with van der Waals surface area (Å²) in [6, 6.07) is 1.39. The zero-order valence-corrected chi connectivity index (χ0v) is 16.7. The first-order chi connectivity index (χ1) is 10.9. The summed E-state index contributed by atoms with van der Waals surface area (Å²) >= 11 is 7.10. The first-order valence-corrected chi connectivity index (χ1v) is 10.2. The molecule has 0 spiro atoms. The molecule has 3 N–H and O–H groups in total. The fourth-order valence-corrected chi connectivity index (χ4v) is 6.15. The molecule has 138 valence electrons. The predicted octanol–water partition coefficient (Wildman–Crippen LogP) is 2.14. The molecule has 1 amide bonds. The highest BCUT2D eigenvalue weighted by Crippen LogP contribution is 2.34. The van der Waals surface area contributed by atoms with Crippen LogP contribution in [-0.4, -0.2) is 44.3 Å². The van der Waals surface area contributed by atoms with Gasteiger partial charge in [-0.1, -0.05) is 18.0 Å². The summed E-state index contributed by atoms with van der Waals surface area (Å²) in [5.41, 5.74) is 6.11. The Bertz CT molecular complexity index is 645. The largest absolute Gasteiger partial charge is 0.354 e. The molecule has 1 aromatic heterocycles. The van der Waals surface area contributed by atoms with Crippen molar-refractivity contribution in [1.82, 2.24) is 9.62 Å². The van der Waals surface area contributed by atoms with Crippen molar-refractivity contribution in [1.29, 1.82) is 0 Å². The Labute approximate surface area is 158 Å². The number of nitrogens with zero attached hydrogens (tertiary/aromatic N) is 1. The Morgan fingerprint density at radius 3 is 2.79 bits per heavy atom. The zero-order chi connectivity index (χ0) is 17.0. The summed E-state index contributed by atoms with van der Waals surface area (Å²) in [6.07, 6.45) is 2.76. The molecule has 10 heteroatoms. The molecule has 1 unspecified atom stereocenters. The van der Waals surface area contributed by atoms with Crippen LogP contribution in [0.2, 0.25) is 4.34 Å². The molecule has 0 saturated carbocycles. The summed E-state index contributed by atoms with van der Waals surface area (Å²) in [6.45, 7) is 2.86. The Kier molecular flexibility index (Phi) is 8.44. The van der Waals surface area contributed by atoms with Gasteiger partial charge in [-0.2, -0.15) is 4.31 Å². The molecule has 24 heavy (non-hydrogen) atoms. The van der Waals surface area contributed by atoms with E-state index in [0.29, 0.717) is 17.4 Å². The molecular formula is C14H23Cl2N3O3S2. The van der Waals surface area contributed by atoms with Crippen molar-refractivity contribution in [3.8, 4) is 0 Å². The monoisotopic (exact) mass is 415 g/mol. The molecule has 1 atom stereocenters. The van der Waals surface area contributed by atoms with Crippen molar-refractivity contribution in [3.05, 3.63) is 16.0 Å². The number of thiophene rings is 1. The van der Waals surface area contributed by atoms with Crippen LogP contribution in [-0.2, 0) is 14.8 Å². The fourth-order valence-electron chi connectivity index (χ4n) is 2.62. The number of halogens is 2. The van der Waals surface area contributed by atoms with Gasteiger partial charge in [-0.25, -0.2) is 8.42 Å². The van der Waals surface area contributed by atoms with E-state index in [1.807, 2.05) is 0 Å². The maximum absolute atomic E-state index is 12.9. The maximum Gasteiger partial charge on any atom is 0.252 e. The van der Waals surface area contributed by atoms with E-state index in [2.05, 4.69) is 5.32 Å². The zero-order valence-electron chi connectivity index (χ0n) is 13.5. The smallest absolute Gasteiger partial charge is 0.252 e. The van der Waals surface area contributed by atoms with E-state index >= 15 is 0 Å². The van der Waals surface area contributed by atoms with Crippen molar-refractivity contribution in [3.63, 3.8) is 0 Å². The summed E-state index contributed by atoms with van der Waals surface area (Å²) in [4.78, 5) is 11.6. The van der Waals surface area contributed by atoms with Gasteiger partial charge in [0.15, 0.2) is 0 Å². The number of nitrogens with one attached hydrogen (secondary N) is 1. The number of hydrogen-bond acceptors (Lipinski definition) is 5. The first-order valence-electron chi connectivity index (χ1n) is 7.61. The number of hydrogen-bond donors (Lipinski definition) is 2. The highest BCUT2D eigenvalue weighted by atomic mass is 35.5. The summed E-state index contributed by atoms with van der Waals surface area (Å²) in [5, 5.41) is 2.78. The molecule has 1 aliphatic rings. The van der Waals surface area contributed by atoms with Gasteiger partial charge < -0.3 is 11.1 Å². The molecule has 6 nitrogen and oxygen atoms in total. The van der Waals surface area contributed by atoms with Crippen molar-refractivity contribution in [2.45, 2.75) is 42.9 Å². The van der Waals surface area contributed by atoms with Gasteiger partial charge in [-0.3, -0.25) is 4.79 Å². The minimum atomic E-state index is -3.58. The molecule has 1 saturated heterocycles. The van der Waals surface area contributed by atoms with Crippen LogP contribution in [0.3, 0.4) is 0 Å². The van der Waals surface area contributed by atoms with Crippen LogP contribution in [0.4, 0.5) is 0 Å². The second-order valence-electron chi connectivity index (χ2n) is 5.63. The minimum Gasteiger partial charge on any atom is -0.354 e. The van der Waals surface area contributed by atoms with Crippen molar-refractivity contribution in [2.75, 3.05) is 19.6 Å². The van der Waals surface area contributed by atoms with E-state index in [0.717, 1.165) is 36.2 Å². The van der Waals surface area contributed by atoms with Crippen LogP contribution in [0.1, 0.15) is 31.2 Å². The average Bonchev–Trinajstić information content (AvgIpc) is 2.86. The lowest BCUT2D eigenvalue weighted by Crippen LogP contribution is -2.49. The van der Waals surface area contributed by atoms with Gasteiger partial charge >= 0.3 is 0 Å². The number of nitrogens with two attached hydrogens (primary N) is 1. The maximum atomic E-state index is 12.9. The minimum absolute atomic E-state index is 0. The summed E-state index contributed by atoms with van der Waals surface area (Å²) in [5.74, 6) is -0.148. The lowest BCUT2D eigenvalue weighted by Gasteiger charge is -2.34. The van der Waals surface area contributed by atoms with E-state index in [-0.39, 0.29) is 41.5 Å². The van der Waals surface area contributed by atoms with Crippen LogP contribution < -0.4 is 11.1 Å². The molecule has 0 aliphatic carbocycles. The number of amides is 1. The van der Waals surface area contributed by atoms with Gasteiger partial charge in [0.25, 0.3) is 10.0 Å². The fraction of sp³-hybridized carbons (Fsp3) is 0.643. The summed E-state index contributed by atoms with van der Waals surface area (Å²) in [7, 11) is -3.58. The first kappa shape index (κ1) is 21.7. The van der Waals surface area contributed by atoms with Gasteiger partial charge in [0, 0.05) is 32.1 Å². The van der Waals surface area contributed by atoms with Gasteiger partial charge in [0.05, 0.1) is 4.34 Å². The van der Waals surface area contributed by atoms with Gasteiger partial charge in [0.2, 0.25) is 5.91 Å². The lowest BCUT2D eigenvalue weighted by molar-refractivity contribution is -0.121. The topological polar surface area (TPSA) is 92.5 Å². The normalized spacial score (nSPS) is 18.9. The Hall–Kier alpha value is -0.380. The number of aryl methyl sites for hydroxylation is 1. The third-order valence-corrected chi connectivity index (χ3v) is 7.83. The van der Waals surface area contributed by atoms with Crippen molar-refractivity contribution >= 4 is 51.3 Å². The third kappa shape index (κ3) is 5.06. The van der Waals surface area contributed by atoms with Crippen molar-refractivity contribution < 1.29 is 13.2 Å². The van der Waals surface area contributed by atoms with E-state index in [9.17, 15) is 13.2 Å². The Balaban J connectivity index is 0.00000288. The SMILES string of the molecule is Cc1cc(S(=O)(=O)N2CCCCC2CNC(=O)CCN)sc1Cl.Cl. The lowest BCUT2D eigenvalue weighted by atomic mass is 10.1. The molecule has 1 fully saturated rings. The molecule has 1 aliphatic heterocycles. The number of piperidine rings is 1. The van der Waals surface area contributed by atoms with Crippen LogP contribution in [0, 0.1) is 6.92 Å². The van der Waals surface area contributed by atoms with E-state index in [1.54, 1.807) is 13.0 Å². The molecule has 0 radical (unpaired) electrons. The standard InChI is InChI=1S/C14H22ClN3O3S2.ClH/c1-10-8-13(22-14(10)15)23(20,21)18-7-3-2-4-11(18)9-17-12(19)5-6-16;/h8,11H,2-7,9,16H2,1H3,(H,17,19);1H. The van der Waals surface area contributed by atoms with Gasteiger partial charge in [-0.05, 0) is 31.4 Å². The molecule has 1 aromatic rings. The second-order valence-corrected chi connectivity index (χ2v) is 9.40. The van der Waals surface area contributed by atoms with E-state index in [1.165, 1.54) is 4.31 Å². The quantitative estimate of drug-likeness (QED) is 0.743. The molecule has 2 rings (SSSR count). The average molecular weight is 416 g/mol. The van der Waals surface area contributed by atoms with Gasteiger partial charge in [-0.15, -0.1) is 23.7 Å². The van der Waals surface area contributed by atoms with Crippen LogP contribution in [0.15, 0.2) is 10.3 Å². The molecule has 0 aromatic carbocycles.